The van der Waals surface area contributed by atoms with E-state index in [9.17, 15) is 9.59 Å². The number of rotatable bonds is 6. The van der Waals surface area contributed by atoms with Gasteiger partial charge in [-0.25, -0.2) is 0 Å². The smallest absolute Gasteiger partial charge is 0.253 e. The maximum atomic E-state index is 12.9. The van der Waals surface area contributed by atoms with Gasteiger partial charge in [-0.1, -0.05) is 29.8 Å². The van der Waals surface area contributed by atoms with Gasteiger partial charge in [0.15, 0.2) is 0 Å². The molecule has 4 rings (SSSR count). The third-order valence-electron chi connectivity index (χ3n) is 5.49. The predicted molar refractivity (Wildman–Crippen MR) is 125 cm³/mol. The second kappa shape index (κ2) is 8.69. The number of aryl methyl sites for hydroxylation is 3. The zero-order valence-electron chi connectivity index (χ0n) is 17.5. The van der Waals surface area contributed by atoms with E-state index in [4.69, 9.17) is 11.6 Å². The number of carbonyl (C=O) groups excluding carboxylic acids is 1. The molecule has 1 unspecified atom stereocenters. The first-order chi connectivity index (χ1) is 14.8. The topological polar surface area (TPSA) is 79.8 Å². The number of fused-ring (bicyclic) bond motifs is 1. The number of pyridine rings is 1. The van der Waals surface area contributed by atoms with Crippen LogP contribution in [0.15, 0.2) is 46.6 Å². The van der Waals surface area contributed by atoms with Crippen LogP contribution in [0, 0.1) is 13.8 Å². The van der Waals surface area contributed by atoms with Gasteiger partial charge in [-0.3, -0.25) is 14.3 Å². The van der Waals surface area contributed by atoms with Crippen molar-refractivity contribution < 1.29 is 4.79 Å². The molecule has 3 heterocycles. The lowest BCUT2D eigenvalue weighted by Crippen LogP contribution is -2.29. The van der Waals surface area contributed by atoms with Crippen molar-refractivity contribution in [2.24, 2.45) is 7.05 Å². The van der Waals surface area contributed by atoms with Gasteiger partial charge in [-0.2, -0.15) is 5.10 Å². The molecule has 1 amide bonds. The summed E-state index contributed by atoms with van der Waals surface area (Å²) in [6.07, 6.45) is 0.569. The summed E-state index contributed by atoms with van der Waals surface area (Å²) in [7, 11) is 1.80. The van der Waals surface area contributed by atoms with Gasteiger partial charge in [0.05, 0.1) is 11.7 Å². The van der Waals surface area contributed by atoms with E-state index in [1.54, 1.807) is 23.1 Å². The van der Waals surface area contributed by atoms with Crippen LogP contribution in [-0.2, 0) is 18.3 Å². The number of carbonyl (C=O) groups is 1. The molecule has 1 aromatic carbocycles. The van der Waals surface area contributed by atoms with Crippen LogP contribution in [0.2, 0.25) is 5.02 Å². The van der Waals surface area contributed by atoms with Gasteiger partial charge in [0.2, 0.25) is 5.91 Å². The molecule has 0 aliphatic rings. The SMILES string of the molecule is Cc1nn(C)c2[nH]c(=O)c(CCC(=O)NC(c3ccc(Cl)cc3)c3cccs3)c(C)c12. The van der Waals surface area contributed by atoms with E-state index in [0.29, 0.717) is 22.7 Å². The molecule has 160 valence electrons. The number of H-pyrrole nitrogens is 1. The van der Waals surface area contributed by atoms with Crippen molar-refractivity contribution in [3.8, 4) is 0 Å². The Labute approximate surface area is 188 Å². The standard InChI is InChI=1S/C23H23ClN4O2S/c1-13-17(23(30)26-22-20(13)14(2)27-28(22)3)10-11-19(29)25-21(18-5-4-12-31-18)15-6-8-16(24)9-7-15/h4-9,12,21H,10-11H2,1-3H3,(H,25,29)(H,26,30). The maximum absolute atomic E-state index is 12.9. The van der Waals surface area contributed by atoms with E-state index in [2.05, 4.69) is 15.4 Å². The molecule has 0 radical (unpaired) electrons. The van der Waals surface area contributed by atoms with E-state index >= 15 is 0 Å². The number of aromatic amines is 1. The molecular formula is C23H23ClN4O2S. The van der Waals surface area contributed by atoms with Gasteiger partial charge in [-0.05, 0) is 55.0 Å². The van der Waals surface area contributed by atoms with Crippen LogP contribution >= 0.6 is 22.9 Å². The van der Waals surface area contributed by atoms with Crippen molar-refractivity contribution >= 4 is 39.9 Å². The van der Waals surface area contributed by atoms with Crippen molar-refractivity contribution in [3.63, 3.8) is 0 Å². The summed E-state index contributed by atoms with van der Waals surface area (Å²) in [6.45, 7) is 3.84. The van der Waals surface area contributed by atoms with Crippen molar-refractivity contribution in [1.29, 1.82) is 0 Å². The first-order valence-corrected chi connectivity index (χ1v) is 11.2. The van der Waals surface area contributed by atoms with Gasteiger partial charge >= 0.3 is 0 Å². The number of hydrogen-bond donors (Lipinski definition) is 2. The number of thiophene rings is 1. The highest BCUT2D eigenvalue weighted by molar-refractivity contribution is 7.10. The summed E-state index contributed by atoms with van der Waals surface area (Å²) in [5.41, 5.74) is 3.85. The number of halogens is 1. The molecule has 0 saturated carbocycles. The minimum Gasteiger partial charge on any atom is -0.344 e. The molecule has 0 fully saturated rings. The van der Waals surface area contributed by atoms with Crippen molar-refractivity contribution in [2.45, 2.75) is 32.7 Å². The lowest BCUT2D eigenvalue weighted by Gasteiger charge is -2.18. The summed E-state index contributed by atoms with van der Waals surface area (Å²) in [6, 6.07) is 11.2. The number of hydrogen-bond acceptors (Lipinski definition) is 4. The summed E-state index contributed by atoms with van der Waals surface area (Å²) < 4.78 is 1.67. The molecule has 8 heteroatoms. The quantitative estimate of drug-likeness (QED) is 0.452. The van der Waals surface area contributed by atoms with Gasteiger partial charge < -0.3 is 10.3 Å². The second-order valence-corrected chi connectivity index (χ2v) is 8.97. The Morgan fingerprint density at radius 3 is 2.68 bits per heavy atom. The lowest BCUT2D eigenvalue weighted by atomic mass is 10.0. The van der Waals surface area contributed by atoms with Crippen LogP contribution in [0.3, 0.4) is 0 Å². The van der Waals surface area contributed by atoms with Gasteiger partial charge in [0.25, 0.3) is 5.56 Å². The zero-order valence-corrected chi connectivity index (χ0v) is 19.1. The van der Waals surface area contributed by atoms with Gasteiger partial charge in [0, 0.05) is 34.3 Å². The number of benzene rings is 1. The van der Waals surface area contributed by atoms with E-state index in [-0.39, 0.29) is 23.9 Å². The highest BCUT2D eigenvalue weighted by atomic mass is 35.5. The summed E-state index contributed by atoms with van der Waals surface area (Å²) in [5.74, 6) is -0.116. The van der Waals surface area contributed by atoms with Crippen LogP contribution in [-0.4, -0.2) is 20.7 Å². The number of nitrogens with zero attached hydrogens (tertiary/aromatic N) is 2. The van der Waals surface area contributed by atoms with Crippen LogP contribution in [0.5, 0.6) is 0 Å². The molecule has 31 heavy (non-hydrogen) atoms. The third kappa shape index (κ3) is 4.29. The van der Waals surface area contributed by atoms with Crippen LogP contribution in [0.4, 0.5) is 0 Å². The molecule has 6 nitrogen and oxygen atoms in total. The molecule has 0 aliphatic heterocycles. The Kier molecular flexibility index (Phi) is 5.98. The molecule has 0 saturated heterocycles. The van der Waals surface area contributed by atoms with E-state index < -0.39 is 0 Å². The largest absolute Gasteiger partial charge is 0.344 e. The summed E-state index contributed by atoms with van der Waals surface area (Å²) in [4.78, 5) is 29.5. The van der Waals surface area contributed by atoms with Gasteiger partial charge in [-0.15, -0.1) is 11.3 Å². The van der Waals surface area contributed by atoms with Gasteiger partial charge in [0.1, 0.15) is 5.65 Å². The minimum absolute atomic E-state index is 0.116. The number of amides is 1. The molecule has 0 spiro atoms. The fourth-order valence-corrected chi connectivity index (χ4v) is 4.89. The highest BCUT2D eigenvalue weighted by Crippen LogP contribution is 2.27. The molecule has 2 N–H and O–H groups in total. The number of aromatic nitrogens is 3. The Balaban J connectivity index is 1.55. The molecular weight excluding hydrogens is 432 g/mol. The average Bonchev–Trinajstić information content (AvgIpc) is 3.35. The van der Waals surface area contributed by atoms with Crippen LogP contribution < -0.4 is 10.9 Å². The molecule has 1 atom stereocenters. The van der Waals surface area contributed by atoms with Crippen molar-refractivity contribution in [3.05, 3.63) is 84.4 Å². The first-order valence-electron chi connectivity index (χ1n) is 9.98. The monoisotopic (exact) mass is 454 g/mol. The Bertz CT molecular complexity index is 1290. The van der Waals surface area contributed by atoms with Crippen LogP contribution in [0.25, 0.3) is 11.0 Å². The fraction of sp³-hybridized carbons (Fsp3) is 0.261. The number of nitrogens with one attached hydrogen (secondary N) is 2. The predicted octanol–water partition coefficient (Wildman–Crippen LogP) is 4.43. The van der Waals surface area contributed by atoms with E-state index in [1.165, 1.54) is 0 Å². The Morgan fingerprint density at radius 2 is 2.00 bits per heavy atom. The zero-order chi connectivity index (χ0) is 22.1. The second-order valence-electron chi connectivity index (χ2n) is 7.56. The molecule has 0 aliphatic carbocycles. The van der Waals surface area contributed by atoms with Crippen molar-refractivity contribution in [1.82, 2.24) is 20.1 Å². The molecule has 4 aromatic rings. The summed E-state index contributed by atoms with van der Waals surface area (Å²) in [5, 5.41) is 11.1. The minimum atomic E-state index is -0.257. The fourth-order valence-electron chi connectivity index (χ4n) is 3.96. The molecule has 3 aromatic heterocycles. The normalized spacial score (nSPS) is 12.3. The average molecular weight is 455 g/mol. The Morgan fingerprint density at radius 1 is 1.26 bits per heavy atom. The van der Waals surface area contributed by atoms with Crippen LogP contribution in [0.1, 0.15) is 39.7 Å². The lowest BCUT2D eigenvalue weighted by molar-refractivity contribution is -0.121. The van der Waals surface area contributed by atoms with E-state index in [0.717, 1.165) is 27.1 Å². The maximum Gasteiger partial charge on any atom is 0.253 e. The Hall–Kier alpha value is -2.90. The third-order valence-corrected chi connectivity index (χ3v) is 6.68. The first kappa shape index (κ1) is 21.3. The van der Waals surface area contributed by atoms with E-state index in [1.807, 2.05) is 55.6 Å². The highest BCUT2D eigenvalue weighted by Gasteiger charge is 2.20. The summed E-state index contributed by atoms with van der Waals surface area (Å²) >= 11 is 7.61. The molecule has 0 bridgehead atoms. The van der Waals surface area contributed by atoms with Crippen molar-refractivity contribution in [2.75, 3.05) is 0 Å².